The van der Waals surface area contributed by atoms with Gasteiger partial charge in [0.25, 0.3) is 0 Å². The molecule has 2 saturated heterocycles. The molecule has 2 aliphatic rings. The fourth-order valence-electron chi connectivity index (χ4n) is 3.09. The molecule has 0 aliphatic carbocycles. The first-order chi connectivity index (χ1) is 10.6. The number of fused-ring (bicyclic) bond motifs is 1. The molecule has 1 aromatic rings. The maximum atomic E-state index is 12.4. The van der Waals surface area contributed by atoms with Crippen LogP contribution in [0.25, 0.3) is 6.08 Å². The number of hydrogen-bond acceptors (Lipinski definition) is 3. The van der Waals surface area contributed by atoms with Gasteiger partial charge < -0.3 is 9.64 Å². The number of ether oxygens (including phenoxy) is 1. The number of benzene rings is 1. The zero-order valence-corrected chi connectivity index (χ0v) is 12.7. The number of nitrogens with zero attached hydrogens (tertiary/aromatic N) is 2. The topological polar surface area (TPSA) is 49.9 Å². The predicted octanol–water partition coefficient (Wildman–Crippen LogP) is 2.14. The summed E-state index contributed by atoms with van der Waals surface area (Å²) in [6.07, 6.45) is 3.95. The minimum absolute atomic E-state index is 0.0179. The van der Waals surface area contributed by atoms with Crippen LogP contribution in [0, 0.1) is 0 Å². The lowest BCUT2D eigenvalue weighted by Gasteiger charge is -2.43. The van der Waals surface area contributed by atoms with Crippen LogP contribution in [0.1, 0.15) is 18.9 Å². The zero-order valence-electron chi connectivity index (χ0n) is 12.7. The molecule has 0 saturated carbocycles. The van der Waals surface area contributed by atoms with E-state index in [0.717, 1.165) is 12.0 Å². The third-order valence-corrected chi connectivity index (χ3v) is 4.52. The normalized spacial score (nSPS) is 24.5. The third kappa shape index (κ3) is 2.58. The molecular formula is C17H20N2O3. The Hall–Kier alpha value is -2.30. The first-order valence-electron chi connectivity index (χ1n) is 7.61. The lowest BCUT2D eigenvalue weighted by Crippen LogP contribution is -2.61. The summed E-state index contributed by atoms with van der Waals surface area (Å²) in [5.41, 5.74) is 0.644. The molecule has 5 heteroatoms. The fraction of sp³-hybridized carbons (Fsp3) is 0.412. The van der Waals surface area contributed by atoms with E-state index in [1.807, 2.05) is 43.3 Å². The summed E-state index contributed by atoms with van der Waals surface area (Å²) >= 11 is 0. The second kappa shape index (κ2) is 5.83. The number of piperazine rings is 1. The maximum absolute atomic E-state index is 12.4. The molecule has 116 valence electrons. The van der Waals surface area contributed by atoms with Gasteiger partial charge in [0.2, 0.25) is 5.91 Å². The van der Waals surface area contributed by atoms with Crippen molar-refractivity contribution in [1.82, 2.24) is 9.80 Å². The first-order valence-corrected chi connectivity index (χ1v) is 7.61. The van der Waals surface area contributed by atoms with Crippen LogP contribution in [0.2, 0.25) is 0 Å². The molecule has 3 rings (SSSR count). The Morgan fingerprint density at radius 3 is 2.82 bits per heavy atom. The van der Waals surface area contributed by atoms with Crippen molar-refractivity contribution in [1.29, 1.82) is 0 Å². The second-order valence-corrected chi connectivity index (χ2v) is 5.79. The van der Waals surface area contributed by atoms with Crippen LogP contribution >= 0.6 is 0 Å². The van der Waals surface area contributed by atoms with Gasteiger partial charge in [0.05, 0.1) is 5.54 Å². The van der Waals surface area contributed by atoms with Gasteiger partial charge in [0.1, 0.15) is 6.61 Å². The molecule has 0 bridgehead atoms. The SMILES string of the molecule is CCC12COC(=O)N1CCN(C(=O)C=Cc1ccccc1)C2. The van der Waals surface area contributed by atoms with Gasteiger partial charge in [-0.1, -0.05) is 37.3 Å². The van der Waals surface area contributed by atoms with Crippen molar-refractivity contribution in [2.45, 2.75) is 18.9 Å². The van der Waals surface area contributed by atoms with E-state index in [4.69, 9.17) is 4.74 Å². The molecular weight excluding hydrogens is 280 g/mol. The van der Waals surface area contributed by atoms with E-state index in [1.165, 1.54) is 0 Å². The summed E-state index contributed by atoms with van der Waals surface area (Å²) in [5.74, 6) is -0.0179. The second-order valence-electron chi connectivity index (χ2n) is 5.79. The van der Waals surface area contributed by atoms with Crippen molar-refractivity contribution in [2.75, 3.05) is 26.2 Å². The van der Waals surface area contributed by atoms with E-state index in [0.29, 0.717) is 26.2 Å². The molecule has 0 spiro atoms. The van der Waals surface area contributed by atoms with Crippen LogP contribution in [-0.2, 0) is 9.53 Å². The van der Waals surface area contributed by atoms with E-state index in [9.17, 15) is 9.59 Å². The summed E-state index contributed by atoms with van der Waals surface area (Å²) in [4.78, 5) is 27.7. The van der Waals surface area contributed by atoms with Crippen molar-refractivity contribution >= 4 is 18.1 Å². The van der Waals surface area contributed by atoms with Crippen molar-refractivity contribution in [3.8, 4) is 0 Å². The molecule has 1 unspecified atom stereocenters. The van der Waals surface area contributed by atoms with E-state index in [1.54, 1.807) is 15.9 Å². The summed E-state index contributed by atoms with van der Waals surface area (Å²) in [6, 6.07) is 9.74. The average Bonchev–Trinajstić information content (AvgIpc) is 2.91. The van der Waals surface area contributed by atoms with E-state index >= 15 is 0 Å². The van der Waals surface area contributed by atoms with Gasteiger partial charge in [-0.25, -0.2) is 4.79 Å². The molecule has 0 N–H and O–H groups in total. The van der Waals surface area contributed by atoms with Crippen LogP contribution in [0.4, 0.5) is 4.79 Å². The molecule has 22 heavy (non-hydrogen) atoms. The Morgan fingerprint density at radius 1 is 1.32 bits per heavy atom. The summed E-state index contributed by atoms with van der Waals surface area (Å²) in [7, 11) is 0. The van der Waals surface area contributed by atoms with Gasteiger partial charge in [0.15, 0.2) is 0 Å². The molecule has 1 atom stereocenters. The average molecular weight is 300 g/mol. The van der Waals surface area contributed by atoms with Crippen molar-refractivity contribution < 1.29 is 14.3 Å². The number of carbonyl (C=O) groups is 2. The minimum Gasteiger partial charge on any atom is -0.447 e. The maximum Gasteiger partial charge on any atom is 0.410 e. The highest BCUT2D eigenvalue weighted by Crippen LogP contribution is 2.31. The predicted molar refractivity (Wildman–Crippen MR) is 83.1 cm³/mol. The molecule has 5 nitrogen and oxygen atoms in total. The molecule has 1 aromatic carbocycles. The van der Waals surface area contributed by atoms with Gasteiger partial charge in [-0.15, -0.1) is 0 Å². The quantitative estimate of drug-likeness (QED) is 0.804. The smallest absolute Gasteiger partial charge is 0.410 e. The Kier molecular flexibility index (Phi) is 3.88. The number of hydrogen-bond donors (Lipinski definition) is 0. The lowest BCUT2D eigenvalue weighted by atomic mass is 9.93. The number of amides is 2. The van der Waals surface area contributed by atoms with Gasteiger partial charge in [-0.2, -0.15) is 0 Å². The molecule has 2 aliphatic heterocycles. The van der Waals surface area contributed by atoms with E-state index < -0.39 is 0 Å². The van der Waals surface area contributed by atoms with E-state index in [-0.39, 0.29) is 17.5 Å². The van der Waals surface area contributed by atoms with Crippen LogP contribution in [-0.4, -0.2) is 53.6 Å². The van der Waals surface area contributed by atoms with Gasteiger partial charge >= 0.3 is 6.09 Å². The molecule has 0 aromatic heterocycles. The minimum atomic E-state index is -0.356. The van der Waals surface area contributed by atoms with Gasteiger partial charge in [-0.3, -0.25) is 9.69 Å². The fourth-order valence-corrected chi connectivity index (χ4v) is 3.09. The summed E-state index contributed by atoms with van der Waals surface area (Å²) in [5, 5.41) is 0. The molecule has 2 heterocycles. The summed E-state index contributed by atoms with van der Waals surface area (Å²) < 4.78 is 5.18. The highest BCUT2D eigenvalue weighted by molar-refractivity contribution is 5.92. The monoisotopic (exact) mass is 300 g/mol. The number of cyclic esters (lactones) is 1. The zero-order chi connectivity index (χ0) is 15.6. The first kappa shape index (κ1) is 14.6. The van der Waals surface area contributed by atoms with Crippen LogP contribution in [0.5, 0.6) is 0 Å². The highest BCUT2D eigenvalue weighted by Gasteiger charge is 2.50. The van der Waals surface area contributed by atoms with Crippen molar-refractivity contribution in [3.63, 3.8) is 0 Å². The number of carbonyl (C=O) groups excluding carboxylic acids is 2. The third-order valence-electron chi connectivity index (χ3n) is 4.52. The van der Waals surface area contributed by atoms with Crippen molar-refractivity contribution in [2.24, 2.45) is 0 Å². The van der Waals surface area contributed by atoms with Gasteiger partial charge in [0, 0.05) is 25.7 Å². The largest absolute Gasteiger partial charge is 0.447 e. The molecule has 2 amide bonds. The Balaban J connectivity index is 1.70. The van der Waals surface area contributed by atoms with Crippen LogP contribution in [0.15, 0.2) is 36.4 Å². The van der Waals surface area contributed by atoms with Crippen LogP contribution < -0.4 is 0 Å². The Morgan fingerprint density at radius 2 is 2.09 bits per heavy atom. The number of rotatable bonds is 3. The highest BCUT2D eigenvalue weighted by atomic mass is 16.6. The Labute approximate surface area is 130 Å². The molecule has 0 radical (unpaired) electrons. The van der Waals surface area contributed by atoms with Crippen molar-refractivity contribution in [3.05, 3.63) is 42.0 Å². The van der Waals surface area contributed by atoms with E-state index in [2.05, 4.69) is 0 Å². The van der Waals surface area contributed by atoms with Gasteiger partial charge in [-0.05, 0) is 18.1 Å². The standard InChI is InChI=1S/C17H20N2O3/c1-2-17-12-18(10-11-19(17)16(21)22-13-17)15(20)9-8-14-6-4-3-5-7-14/h3-9H,2,10-13H2,1H3. The Bertz CT molecular complexity index is 599. The van der Waals surface area contributed by atoms with Crippen LogP contribution in [0.3, 0.4) is 0 Å². The molecule has 2 fully saturated rings. The summed E-state index contributed by atoms with van der Waals surface area (Å²) in [6.45, 7) is 4.02. The lowest BCUT2D eigenvalue weighted by molar-refractivity contribution is -0.130.